The predicted octanol–water partition coefficient (Wildman–Crippen LogP) is 3.02. The van der Waals surface area contributed by atoms with Crippen LogP contribution in [0.1, 0.15) is 25.0 Å². The van der Waals surface area contributed by atoms with Crippen LogP contribution in [-0.2, 0) is 6.54 Å². The van der Waals surface area contributed by atoms with E-state index in [2.05, 4.69) is 18.7 Å². The molecule has 0 aromatic heterocycles. The van der Waals surface area contributed by atoms with Crippen molar-refractivity contribution in [1.29, 1.82) is 5.26 Å². The molecule has 0 saturated carbocycles. The predicted molar refractivity (Wildman–Crippen MR) is 72.9 cm³/mol. The number of halogens is 1. The smallest absolute Gasteiger partial charge is 0.145 e. The first-order valence-corrected chi connectivity index (χ1v) is 7.09. The largest absolute Gasteiger partial charge is 0.297 e. The summed E-state index contributed by atoms with van der Waals surface area (Å²) in [7, 11) is 0. The molecular weight excluding hydrogens is 247 g/mol. The van der Waals surface area contributed by atoms with Crippen molar-refractivity contribution < 1.29 is 4.39 Å². The normalized spacial score (nSPS) is 24.8. The molecule has 4 heteroatoms. The molecule has 1 aromatic rings. The molecule has 96 valence electrons. The van der Waals surface area contributed by atoms with Gasteiger partial charge in [0.15, 0.2) is 0 Å². The van der Waals surface area contributed by atoms with E-state index in [1.54, 1.807) is 12.1 Å². The lowest BCUT2D eigenvalue weighted by Crippen LogP contribution is -2.39. The zero-order chi connectivity index (χ0) is 13.1. The molecule has 2 nitrogen and oxygen atoms in total. The summed E-state index contributed by atoms with van der Waals surface area (Å²) in [4.78, 5) is 2.27. The molecule has 1 fully saturated rings. The van der Waals surface area contributed by atoms with Crippen LogP contribution in [-0.4, -0.2) is 28.5 Å². The highest BCUT2D eigenvalue weighted by Gasteiger charge is 2.23. The summed E-state index contributed by atoms with van der Waals surface area (Å²) in [5.74, 6) is -0.362. The van der Waals surface area contributed by atoms with Crippen LogP contribution in [0.15, 0.2) is 18.2 Å². The van der Waals surface area contributed by atoms with E-state index >= 15 is 0 Å². The van der Waals surface area contributed by atoms with Gasteiger partial charge in [0.2, 0.25) is 0 Å². The van der Waals surface area contributed by atoms with Gasteiger partial charge in [-0.1, -0.05) is 26.0 Å². The van der Waals surface area contributed by atoms with Gasteiger partial charge in [-0.3, -0.25) is 4.90 Å². The fourth-order valence-corrected chi connectivity index (χ4v) is 3.83. The first-order chi connectivity index (χ1) is 8.60. The zero-order valence-electron chi connectivity index (χ0n) is 10.7. The fourth-order valence-electron chi connectivity index (χ4n) is 2.44. The Kier molecular flexibility index (Phi) is 4.26. The van der Waals surface area contributed by atoms with Crippen LogP contribution in [0.25, 0.3) is 0 Å². The third kappa shape index (κ3) is 3.04. The molecule has 1 aromatic carbocycles. The van der Waals surface area contributed by atoms with E-state index in [1.807, 2.05) is 17.8 Å². The molecule has 0 bridgehead atoms. The first kappa shape index (κ1) is 13.4. The summed E-state index contributed by atoms with van der Waals surface area (Å²) in [6.07, 6.45) is 0. The fraction of sp³-hybridized carbons (Fsp3) is 0.500. The molecule has 0 amide bonds. The van der Waals surface area contributed by atoms with Gasteiger partial charge < -0.3 is 0 Å². The van der Waals surface area contributed by atoms with Crippen molar-refractivity contribution in [2.24, 2.45) is 0 Å². The number of nitriles is 1. The Balaban J connectivity index is 2.12. The van der Waals surface area contributed by atoms with E-state index in [1.165, 1.54) is 6.07 Å². The zero-order valence-corrected chi connectivity index (χ0v) is 11.5. The second-order valence-corrected chi connectivity index (χ2v) is 6.72. The van der Waals surface area contributed by atoms with Gasteiger partial charge in [0.1, 0.15) is 11.9 Å². The lowest BCUT2D eigenvalue weighted by atomic mass is 10.1. The molecule has 2 unspecified atom stereocenters. The molecule has 0 N–H and O–H groups in total. The highest BCUT2D eigenvalue weighted by molar-refractivity contribution is 8.00. The SMILES string of the molecule is CC1CN(Cc2cccc(C#N)c2F)CC(C)S1. The van der Waals surface area contributed by atoms with Crippen molar-refractivity contribution in [2.45, 2.75) is 30.9 Å². The third-order valence-corrected chi connectivity index (χ3v) is 4.32. The van der Waals surface area contributed by atoms with E-state index in [0.29, 0.717) is 22.6 Å². The maximum atomic E-state index is 14.0. The van der Waals surface area contributed by atoms with Gasteiger partial charge in [-0.25, -0.2) is 4.39 Å². The summed E-state index contributed by atoms with van der Waals surface area (Å²) < 4.78 is 14.0. The van der Waals surface area contributed by atoms with Crippen molar-refractivity contribution in [2.75, 3.05) is 13.1 Å². The Bertz CT molecular complexity index is 459. The average molecular weight is 264 g/mol. The molecule has 1 saturated heterocycles. The monoisotopic (exact) mass is 264 g/mol. The van der Waals surface area contributed by atoms with Gasteiger partial charge in [-0.15, -0.1) is 0 Å². The van der Waals surface area contributed by atoms with Crippen molar-refractivity contribution >= 4 is 11.8 Å². The molecule has 2 rings (SSSR count). The molecule has 1 aliphatic rings. The van der Waals surface area contributed by atoms with Crippen LogP contribution in [0.4, 0.5) is 4.39 Å². The van der Waals surface area contributed by atoms with Gasteiger partial charge in [-0.2, -0.15) is 17.0 Å². The molecule has 1 heterocycles. The molecule has 2 atom stereocenters. The molecule has 1 aliphatic heterocycles. The minimum absolute atomic E-state index is 0.139. The highest BCUT2D eigenvalue weighted by Crippen LogP contribution is 2.26. The second kappa shape index (κ2) is 5.73. The maximum Gasteiger partial charge on any atom is 0.145 e. The number of hydrogen-bond acceptors (Lipinski definition) is 3. The van der Waals surface area contributed by atoms with Gasteiger partial charge in [0.05, 0.1) is 5.56 Å². The van der Waals surface area contributed by atoms with E-state index < -0.39 is 0 Å². The molecule has 0 spiro atoms. The first-order valence-electron chi connectivity index (χ1n) is 6.15. The van der Waals surface area contributed by atoms with Crippen LogP contribution < -0.4 is 0 Å². The van der Waals surface area contributed by atoms with Gasteiger partial charge in [0.25, 0.3) is 0 Å². The summed E-state index contributed by atoms with van der Waals surface area (Å²) in [5, 5.41) is 9.99. The Labute approximate surface area is 112 Å². The number of nitrogens with zero attached hydrogens (tertiary/aromatic N) is 2. The third-order valence-electron chi connectivity index (χ3n) is 3.09. The van der Waals surface area contributed by atoms with E-state index in [4.69, 9.17) is 5.26 Å². The van der Waals surface area contributed by atoms with Crippen LogP contribution >= 0.6 is 11.8 Å². The van der Waals surface area contributed by atoms with Gasteiger partial charge in [-0.05, 0) is 6.07 Å². The maximum absolute atomic E-state index is 14.0. The minimum Gasteiger partial charge on any atom is -0.297 e. The van der Waals surface area contributed by atoms with Crippen molar-refractivity contribution in [3.8, 4) is 6.07 Å². The van der Waals surface area contributed by atoms with Gasteiger partial charge >= 0.3 is 0 Å². The van der Waals surface area contributed by atoms with Crippen LogP contribution in [0.2, 0.25) is 0 Å². The van der Waals surface area contributed by atoms with Crippen molar-refractivity contribution in [3.05, 3.63) is 35.1 Å². The molecule has 0 radical (unpaired) electrons. The molecular formula is C14H17FN2S. The summed E-state index contributed by atoms with van der Waals surface area (Å²) in [6, 6.07) is 6.94. The Morgan fingerprint density at radius 3 is 2.67 bits per heavy atom. The Hall–Kier alpha value is -1.05. The summed E-state index contributed by atoms with van der Waals surface area (Å²) in [5.41, 5.74) is 0.764. The van der Waals surface area contributed by atoms with Crippen LogP contribution in [0.3, 0.4) is 0 Å². The summed E-state index contributed by atoms with van der Waals surface area (Å²) in [6.45, 7) is 6.96. The Morgan fingerprint density at radius 2 is 2.06 bits per heavy atom. The number of benzene rings is 1. The lowest BCUT2D eigenvalue weighted by Gasteiger charge is -2.34. The van der Waals surface area contributed by atoms with Gasteiger partial charge in [0, 0.05) is 35.7 Å². The molecule has 18 heavy (non-hydrogen) atoms. The molecule has 0 aliphatic carbocycles. The number of thioether (sulfide) groups is 1. The average Bonchev–Trinajstić information content (AvgIpc) is 2.30. The van der Waals surface area contributed by atoms with Crippen molar-refractivity contribution in [3.63, 3.8) is 0 Å². The highest BCUT2D eigenvalue weighted by atomic mass is 32.2. The minimum atomic E-state index is -0.362. The van der Waals surface area contributed by atoms with E-state index in [9.17, 15) is 4.39 Å². The number of rotatable bonds is 2. The Morgan fingerprint density at radius 1 is 1.39 bits per heavy atom. The topological polar surface area (TPSA) is 27.0 Å². The standard InChI is InChI=1S/C14H17FN2S/c1-10-7-17(8-11(2)18-10)9-13-5-3-4-12(6-16)14(13)15/h3-5,10-11H,7-9H2,1-2H3. The summed E-state index contributed by atoms with van der Waals surface area (Å²) >= 11 is 1.98. The second-order valence-electron chi connectivity index (χ2n) is 4.84. The van der Waals surface area contributed by atoms with Crippen molar-refractivity contribution in [1.82, 2.24) is 4.90 Å². The number of hydrogen-bond donors (Lipinski definition) is 0. The van der Waals surface area contributed by atoms with E-state index in [-0.39, 0.29) is 11.4 Å². The van der Waals surface area contributed by atoms with Crippen LogP contribution in [0.5, 0.6) is 0 Å². The van der Waals surface area contributed by atoms with Crippen LogP contribution in [0, 0.1) is 17.1 Å². The quantitative estimate of drug-likeness (QED) is 0.821. The van der Waals surface area contributed by atoms with E-state index in [0.717, 1.165) is 13.1 Å². The lowest BCUT2D eigenvalue weighted by molar-refractivity contribution is 0.259.